The number of halogens is 1. The summed E-state index contributed by atoms with van der Waals surface area (Å²) in [5, 5.41) is 0. The molecule has 0 N–H and O–H groups in total. The fraction of sp³-hybridized carbons (Fsp3) is 0.235. The highest BCUT2D eigenvalue weighted by Crippen LogP contribution is 2.31. The van der Waals surface area contributed by atoms with Crippen molar-refractivity contribution >= 4 is 21.7 Å². The Hall–Kier alpha value is -1.81. The third-order valence-electron chi connectivity index (χ3n) is 3.31. The molecule has 2 rings (SSSR count). The zero-order valence-corrected chi connectivity index (χ0v) is 14.1. The second kappa shape index (κ2) is 6.31. The van der Waals surface area contributed by atoms with Gasteiger partial charge in [-0.05, 0) is 49.2 Å². The number of rotatable bonds is 4. The molecule has 2 aromatic rings. The molecule has 0 aliphatic carbocycles. The van der Waals surface area contributed by atoms with Crippen molar-refractivity contribution in [2.45, 2.75) is 13.8 Å². The summed E-state index contributed by atoms with van der Waals surface area (Å²) in [7, 11) is 3.15. The van der Waals surface area contributed by atoms with Crippen molar-refractivity contribution in [3.8, 4) is 11.5 Å². The van der Waals surface area contributed by atoms with E-state index >= 15 is 0 Å². The summed E-state index contributed by atoms with van der Waals surface area (Å²) in [5.74, 6) is 1.15. The van der Waals surface area contributed by atoms with Crippen LogP contribution in [0.5, 0.6) is 11.5 Å². The lowest BCUT2D eigenvalue weighted by Gasteiger charge is -2.13. The molecule has 0 heterocycles. The summed E-state index contributed by atoms with van der Waals surface area (Å²) in [6, 6.07) is 9.19. The first-order valence-electron chi connectivity index (χ1n) is 6.51. The Morgan fingerprint density at radius 2 is 1.76 bits per heavy atom. The molecule has 0 saturated heterocycles. The predicted molar refractivity (Wildman–Crippen MR) is 86.6 cm³/mol. The number of methoxy groups -OCH3 is 2. The van der Waals surface area contributed by atoms with Crippen molar-refractivity contribution in [2.75, 3.05) is 14.2 Å². The lowest BCUT2D eigenvalue weighted by molar-refractivity contribution is 0.103. The summed E-state index contributed by atoms with van der Waals surface area (Å²) in [5.41, 5.74) is 3.09. The van der Waals surface area contributed by atoms with E-state index in [0.717, 1.165) is 15.6 Å². The van der Waals surface area contributed by atoms with Crippen LogP contribution in [0.1, 0.15) is 27.0 Å². The monoisotopic (exact) mass is 348 g/mol. The Kier molecular flexibility index (Phi) is 4.68. The molecule has 0 saturated carbocycles. The van der Waals surface area contributed by atoms with Gasteiger partial charge in [0, 0.05) is 10.0 Å². The fourth-order valence-corrected chi connectivity index (χ4v) is 2.75. The summed E-state index contributed by atoms with van der Waals surface area (Å²) < 4.78 is 11.3. The second-order valence-corrected chi connectivity index (χ2v) is 5.69. The Labute approximate surface area is 133 Å². The van der Waals surface area contributed by atoms with Gasteiger partial charge in [0.25, 0.3) is 0 Å². The van der Waals surface area contributed by atoms with E-state index in [1.54, 1.807) is 26.4 Å². The van der Waals surface area contributed by atoms with Crippen molar-refractivity contribution < 1.29 is 14.3 Å². The molecule has 0 amide bonds. The zero-order valence-electron chi connectivity index (χ0n) is 12.5. The average molecular weight is 349 g/mol. The van der Waals surface area contributed by atoms with Crippen molar-refractivity contribution in [1.29, 1.82) is 0 Å². The van der Waals surface area contributed by atoms with Gasteiger partial charge in [0.15, 0.2) is 5.78 Å². The van der Waals surface area contributed by atoms with Gasteiger partial charge in [-0.1, -0.05) is 22.0 Å². The van der Waals surface area contributed by atoms with Crippen molar-refractivity contribution in [3.63, 3.8) is 0 Å². The highest BCUT2D eigenvalue weighted by atomic mass is 79.9. The number of aryl methyl sites for hydroxylation is 2. The van der Waals surface area contributed by atoms with Gasteiger partial charge >= 0.3 is 0 Å². The molecule has 0 fully saturated rings. The number of ketones is 1. The topological polar surface area (TPSA) is 35.5 Å². The number of carbonyl (C=O) groups excluding carboxylic acids is 1. The predicted octanol–water partition coefficient (Wildman–Crippen LogP) is 4.31. The summed E-state index contributed by atoms with van der Waals surface area (Å²) in [6.45, 7) is 3.89. The molecule has 0 unspecified atom stereocenters. The third-order valence-corrected chi connectivity index (χ3v) is 4.00. The number of hydrogen-bond acceptors (Lipinski definition) is 3. The van der Waals surface area contributed by atoms with Crippen LogP contribution in [0.25, 0.3) is 0 Å². The zero-order chi connectivity index (χ0) is 15.6. The molecule has 2 aromatic carbocycles. The maximum atomic E-state index is 12.9. The van der Waals surface area contributed by atoms with Gasteiger partial charge in [0.2, 0.25) is 0 Å². The Bertz CT molecular complexity index is 693. The van der Waals surface area contributed by atoms with Crippen LogP contribution < -0.4 is 9.47 Å². The number of hydrogen-bond donors (Lipinski definition) is 0. The summed E-state index contributed by atoms with van der Waals surface area (Å²) >= 11 is 3.43. The molecular formula is C17H17BrO3. The molecule has 0 atom stereocenters. The Morgan fingerprint density at radius 3 is 2.38 bits per heavy atom. The van der Waals surface area contributed by atoms with Crippen molar-refractivity contribution in [3.05, 3.63) is 57.1 Å². The molecule has 0 spiro atoms. The molecule has 4 heteroatoms. The van der Waals surface area contributed by atoms with E-state index in [4.69, 9.17) is 9.47 Å². The third kappa shape index (κ3) is 3.10. The lowest BCUT2D eigenvalue weighted by Crippen LogP contribution is -2.08. The molecule has 21 heavy (non-hydrogen) atoms. The van der Waals surface area contributed by atoms with E-state index in [-0.39, 0.29) is 5.78 Å². The SMILES string of the molecule is COc1ccc(Br)c(C(=O)c2c(C)cc(C)cc2OC)c1. The van der Waals surface area contributed by atoms with Crippen LogP contribution in [-0.4, -0.2) is 20.0 Å². The minimum absolute atomic E-state index is 0.0878. The molecule has 0 aliphatic heterocycles. The Morgan fingerprint density at radius 1 is 1.05 bits per heavy atom. The summed E-state index contributed by atoms with van der Waals surface area (Å²) in [4.78, 5) is 12.9. The van der Waals surface area contributed by atoms with Crippen LogP contribution in [-0.2, 0) is 0 Å². The maximum Gasteiger partial charge on any atom is 0.198 e. The smallest absolute Gasteiger partial charge is 0.198 e. The van der Waals surface area contributed by atoms with E-state index in [1.165, 1.54) is 0 Å². The first-order chi connectivity index (χ1) is 9.97. The molecule has 3 nitrogen and oxygen atoms in total. The maximum absolute atomic E-state index is 12.9. The van der Waals surface area contributed by atoms with Crippen molar-refractivity contribution in [2.24, 2.45) is 0 Å². The highest BCUT2D eigenvalue weighted by molar-refractivity contribution is 9.10. The Balaban J connectivity index is 2.60. The standard InChI is InChI=1S/C17H17BrO3/c1-10-7-11(2)16(15(8-10)21-4)17(19)13-9-12(20-3)5-6-14(13)18/h5-9H,1-4H3. The van der Waals surface area contributed by atoms with Gasteiger partial charge in [-0.2, -0.15) is 0 Å². The fourth-order valence-electron chi connectivity index (χ4n) is 2.32. The average Bonchev–Trinajstić information content (AvgIpc) is 2.46. The van der Waals surface area contributed by atoms with Crippen LogP contribution in [0.3, 0.4) is 0 Å². The van der Waals surface area contributed by atoms with E-state index in [1.807, 2.05) is 32.0 Å². The first kappa shape index (κ1) is 15.6. The van der Waals surface area contributed by atoms with Gasteiger partial charge in [-0.3, -0.25) is 4.79 Å². The largest absolute Gasteiger partial charge is 0.497 e. The molecular weight excluding hydrogens is 332 g/mol. The normalized spacial score (nSPS) is 10.3. The molecule has 0 aliphatic rings. The van der Waals surface area contributed by atoms with Gasteiger partial charge in [0.05, 0.1) is 19.8 Å². The van der Waals surface area contributed by atoms with Gasteiger partial charge in [-0.15, -0.1) is 0 Å². The number of carbonyl (C=O) groups is 1. The van der Waals surface area contributed by atoms with Gasteiger partial charge in [0.1, 0.15) is 11.5 Å². The van der Waals surface area contributed by atoms with Gasteiger partial charge in [-0.25, -0.2) is 0 Å². The second-order valence-electron chi connectivity index (χ2n) is 4.83. The molecule has 0 bridgehead atoms. The van der Waals surface area contributed by atoms with E-state index in [2.05, 4.69) is 15.9 Å². The van der Waals surface area contributed by atoms with Crippen LogP contribution in [0, 0.1) is 13.8 Å². The molecule has 110 valence electrons. The number of benzene rings is 2. The highest BCUT2D eigenvalue weighted by Gasteiger charge is 2.20. The quantitative estimate of drug-likeness (QED) is 0.772. The summed E-state index contributed by atoms with van der Waals surface area (Å²) in [6.07, 6.45) is 0. The van der Waals surface area contributed by atoms with Crippen LogP contribution in [0.4, 0.5) is 0 Å². The minimum atomic E-state index is -0.0878. The van der Waals surface area contributed by atoms with E-state index in [9.17, 15) is 4.79 Å². The minimum Gasteiger partial charge on any atom is -0.497 e. The van der Waals surface area contributed by atoms with Gasteiger partial charge < -0.3 is 9.47 Å². The van der Waals surface area contributed by atoms with E-state index < -0.39 is 0 Å². The molecule has 0 radical (unpaired) electrons. The van der Waals surface area contributed by atoms with E-state index in [0.29, 0.717) is 22.6 Å². The molecule has 0 aromatic heterocycles. The lowest BCUT2D eigenvalue weighted by atomic mass is 9.96. The van der Waals surface area contributed by atoms with Crippen LogP contribution >= 0.6 is 15.9 Å². The number of ether oxygens (including phenoxy) is 2. The van der Waals surface area contributed by atoms with Crippen LogP contribution in [0.15, 0.2) is 34.8 Å². The van der Waals surface area contributed by atoms with Crippen molar-refractivity contribution in [1.82, 2.24) is 0 Å². The first-order valence-corrected chi connectivity index (χ1v) is 7.30. The van der Waals surface area contributed by atoms with Crippen LogP contribution in [0.2, 0.25) is 0 Å².